The first-order valence-corrected chi connectivity index (χ1v) is 8.50. The molecule has 2 aromatic carbocycles. The zero-order chi connectivity index (χ0) is 17.5. The Bertz CT molecular complexity index is 714. The third-order valence-electron chi connectivity index (χ3n) is 4.20. The second kappa shape index (κ2) is 8.44. The summed E-state index contributed by atoms with van der Waals surface area (Å²) in [5, 5.41) is 0. The van der Waals surface area contributed by atoms with Crippen molar-refractivity contribution in [3.63, 3.8) is 0 Å². The SMILES string of the molecule is CC.COC(=O)c1ccc(CCc2cccc3c2C(=O)CC3)cc1. The number of Topliss-reactive ketones (excluding diaryl/α,β-unsaturated/α-hetero) is 1. The molecule has 0 bridgehead atoms. The second-order valence-electron chi connectivity index (χ2n) is 5.56. The number of carbonyl (C=O) groups is 2. The first-order chi connectivity index (χ1) is 11.7. The highest BCUT2D eigenvalue weighted by Gasteiger charge is 2.22. The minimum Gasteiger partial charge on any atom is -0.465 e. The Labute approximate surface area is 143 Å². The van der Waals surface area contributed by atoms with E-state index in [1.807, 2.05) is 38.1 Å². The van der Waals surface area contributed by atoms with Gasteiger partial charge in [0, 0.05) is 12.0 Å². The third kappa shape index (κ3) is 3.91. The van der Waals surface area contributed by atoms with E-state index in [4.69, 9.17) is 4.74 Å². The summed E-state index contributed by atoms with van der Waals surface area (Å²) in [6, 6.07) is 13.6. The molecule has 3 heteroatoms. The van der Waals surface area contributed by atoms with Crippen LogP contribution in [0, 0.1) is 0 Å². The zero-order valence-corrected chi connectivity index (χ0v) is 14.6. The molecular weight excluding hydrogens is 300 g/mol. The van der Waals surface area contributed by atoms with Gasteiger partial charge in [0.2, 0.25) is 0 Å². The van der Waals surface area contributed by atoms with Crippen molar-refractivity contribution < 1.29 is 14.3 Å². The molecule has 0 fully saturated rings. The Morgan fingerprint density at radius 2 is 1.71 bits per heavy atom. The van der Waals surface area contributed by atoms with Crippen LogP contribution in [0.3, 0.4) is 0 Å². The van der Waals surface area contributed by atoms with Gasteiger partial charge in [-0.1, -0.05) is 44.2 Å². The molecule has 3 nitrogen and oxygen atoms in total. The van der Waals surface area contributed by atoms with Crippen molar-refractivity contribution in [2.75, 3.05) is 7.11 Å². The number of carbonyl (C=O) groups excluding carboxylic acids is 2. The summed E-state index contributed by atoms with van der Waals surface area (Å²) in [7, 11) is 1.38. The highest BCUT2D eigenvalue weighted by Crippen LogP contribution is 2.26. The quantitative estimate of drug-likeness (QED) is 0.782. The number of hydrogen-bond donors (Lipinski definition) is 0. The summed E-state index contributed by atoms with van der Waals surface area (Å²) in [6.45, 7) is 4.00. The predicted octanol–water partition coefficient (Wildman–Crippen LogP) is 4.41. The van der Waals surface area contributed by atoms with E-state index in [9.17, 15) is 9.59 Å². The van der Waals surface area contributed by atoms with Gasteiger partial charge in [-0.3, -0.25) is 4.79 Å². The fourth-order valence-corrected chi connectivity index (χ4v) is 3.01. The van der Waals surface area contributed by atoms with Crippen molar-refractivity contribution in [3.8, 4) is 0 Å². The summed E-state index contributed by atoms with van der Waals surface area (Å²) >= 11 is 0. The van der Waals surface area contributed by atoms with Gasteiger partial charge in [0.1, 0.15) is 0 Å². The minimum atomic E-state index is -0.321. The lowest BCUT2D eigenvalue weighted by atomic mass is 9.96. The molecule has 0 aromatic heterocycles. The van der Waals surface area contributed by atoms with E-state index in [1.165, 1.54) is 12.7 Å². The number of aryl methyl sites for hydroxylation is 3. The van der Waals surface area contributed by atoms with E-state index in [2.05, 4.69) is 6.07 Å². The van der Waals surface area contributed by atoms with Crippen molar-refractivity contribution in [1.29, 1.82) is 0 Å². The average Bonchev–Trinajstić information content (AvgIpc) is 3.03. The van der Waals surface area contributed by atoms with Crippen LogP contribution in [-0.2, 0) is 24.0 Å². The van der Waals surface area contributed by atoms with Crippen LogP contribution < -0.4 is 0 Å². The van der Waals surface area contributed by atoms with Gasteiger partial charge in [-0.15, -0.1) is 0 Å². The van der Waals surface area contributed by atoms with Crippen LogP contribution in [0.1, 0.15) is 57.7 Å². The smallest absolute Gasteiger partial charge is 0.337 e. The van der Waals surface area contributed by atoms with Gasteiger partial charge in [-0.25, -0.2) is 4.79 Å². The molecule has 24 heavy (non-hydrogen) atoms. The van der Waals surface area contributed by atoms with Gasteiger partial charge in [-0.2, -0.15) is 0 Å². The maximum Gasteiger partial charge on any atom is 0.337 e. The lowest BCUT2D eigenvalue weighted by Gasteiger charge is -2.08. The number of ether oxygens (including phenoxy) is 1. The number of ketones is 1. The normalized spacial score (nSPS) is 12.2. The second-order valence-corrected chi connectivity index (χ2v) is 5.56. The maximum atomic E-state index is 12.0. The van der Waals surface area contributed by atoms with E-state index < -0.39 is 0 Å². The van der Waals surface area contributed by atoms with Crippen molar-refractivity contribution in [2.24, 2.45) is 0 Å². The van der Waals surface area contributed by atoms with Gasteiger partial charge < -0.3 is 4.74 Å². The molecule has 126 valence electrons. The minimum absolute atomic E-state index is 0.270. The molecule has 1 aliphatic carbocycles. The van der Waals surface area contributed by atoms with E-state index in [0.717, 1.165) is 36.0 Å². The van der Waals surface area contributed by atoms with E-state index in [0.29, 0.717) is 12.0 Å². The highest BCUT2D eigenvalue weighted by molar-refractivity contribution is 6.01. The summed E-state index contributed by atoms with van der Waals surface area (Å²) in [5.41, 5.74) is 4.96. The number of methoxy groups -OCH3 is 1. The molecule has 2 aromatic rings. The summed E-state index contributed by atoms with van der Waals surface area (Å²) in [4.78, 5) is 23.4. The lowest BCUT2D eigenvalue weighted by molar-refractivity contribution is 0.0600. The van der Waals surface area contributed by atoms with Crippen LogP contribution in [0.2, 0.25) is 0 Å². The van der Waals surface area contributed by atoms with Crippen LogP contribution in [-0.4, -0.2) is 18.9 Å². The Balaban J connectivity index is 0.00000100. The van der Waals surface area contributed by atoms with E-state index >= 15 is 0 Å². The van der Waals surface area contributed by atoms with Crippen molar-refractivity contribution >= 4 is 11.8 Å². The fraction of sp³-hybridized carbons (Fsp3) is 0.333. The zero-order valence-electron chi connectivity index (χ0n) is 14.6. The number of hydrogen-bond acceptors (Lipinski definition) is 3. The third-order valence-corrected chi connectivity index (χ3v) is 4.20. The van der Waals surface area contributed by atoms with Crippen LogP contribution in [0.4, 0.5) is 0 Å². The number of benzene rings is 2. The Morgan fingerprint density at radius 1 is 1.00 bits per heavy atom. The number of fused-ring (bicyclic) bond motifs is 1. The van der Waals surface area contributed by atoms with Gasteiger partial charge in [0.25, 0.3) is 0 Å². The summed E-state index contributed by atoms with van der Waals surface area (Å²) in [6.07, 6.45) is 3.20. The van der Waals surface area contributed by atoms with Gasteiger partial charge in [-0.05, 0) is 48.1 Å². The molecule has 0 heterocycles. The van der Waals surface area contributed by atoms with Gasteiger partial charge in [0.05, 0.1) is 12.7 Å². The molecule has 1 aliphatic rings. The summed E-state index contributed by atoms with van der Waals surface area (Å²) in [5.74, 6) is -0.0512. The number of esters is 1. The van der Waals surface area contributed by atoms with Crippen LogP contribution >= 0.6 is 0 Å². The molecule has 0 saturated carbocycles. The van der Waals surface area contributed by atoms with Gasteiger partial charge in [0.15, 0.2) is 5.78 Å². The molecule has 0 atom stereocenters. The van der Waals surface area contributed by atoms with E-state index in [-0.39, 0.29) is 11.8 Å². The van der Waals surface area contributed by atoms with Crippen LogP contribution in [0.5, 0.6) is 0 Å². The standard InChI is InChI=1S/C19H18O3.C2H6/c1-22-19(21)16-9-6-13(7-10-16)5-8-14-3-2-4-15-11-12-17(20)18(14)15;1-2/h2-4,6-7,9-10H,5,8,11-12H2,1H3;1-2H3. The maximum absolute atomic E-state index is 12.0. The molecule has 0 radical (unpaired) electrons. The molecule has 0 spiro atoms. The van der Waals surface area contributed by atoms with Crippen molar-refractivity contribution in [3.05, 3.63) is 70.3 Å². The lowest BCUT2D eigenvalue weighted by Crippen LogP contribution is -2.03. The first-order valence-electron chi connectivity index (χ1n) is 8.50. The topological polar surface area (TPSA) is 43.4 Å². The molecule has 0 unspecified atom stereocenters. The van der Waals surface area contributed by atoms with Crippen molar-refractivity contribution in [1.82, 2.24) is 0 Å². The molecule has 0 saturated heterocycles. The summed E-state index contributed by atoms with van der Waals surface area (Å²) < 4.78 is 4.69. The Kier molecular flexibility index (Phi) is 6.30. The molecule has 0 amide bonds. The molecule has 0 N–H and O–H groups in total. The Hall–Kier alpha value is -2.42. The van der Waals surface area contributed by atoms with Crippen LogP contribution in [0.15, 0.2) is 42.5 Å². The monoisotopic (exact) mass is 324 g/mol. The predicted molar refractivity (Wildman–Crippen MR) is 95.6 cm³/mol. The first kappa shape index (κ1) is 17.9. The van der Waals surface area contributed by atoms with Gasteiger partial charge >= 0.3 is 5.97 Å². The van der Waals surface area contributed by atoms with E-state index in [1.54, 1.807) is 12.1 Å². The van der Waals surface area contributed by atoms with Crippen molar-refractivity contribution in [2.45, 2.75) is 39.5 Å². The number of rotatable bonds is 4. The highest BCUT2D eigenvalue weighted by atomic mass is 16.5. The molecule has 3 rings (SSSR count). The molecule has 0 aliphatic heterocycles. The fourth-order valence-electron chi connectivity index (χ4n) is 3.01. The largest absolute Gasteiger partial charge is 0.465 e. The average molecular weight is 324 g/mol. The Morgan fingerprint density at radius 3 is 2.38 bits per heavy atom. The molecular formula is C21H24O3. The van der Waals surface area contributed by atoms with Crippen LogP contribution in [0.25, 0.3) is 0 Å².